The lowest BCUT2D eigenvalue weighted by Gasteiger charge is -2.19. The van der Waals surface area contributed by atoms with Crippen molar-refractivity contribution in [3.63, 3.8) is 0 Å². The average Bonchev–Trinajstić information content (AvgIpc) is 3.27. The molecule has 30 heavy (non-hydrogen) atoms. The van der Waals surface area contributed by atoms with Gasteiger partial charge in [0.15, 0.2) is 5.69 Å². The molecule has 158 valence electrons. The maximum Gasteiger partial charge on any atom is 0.546 e. The van der Waals surface area contributed by atoms with E-state index in [4.69, 9.17) is 9.47 Å². The molecular formula is C20H22N3O6S+. The van der Waals surface area contributed by atoms with Gasteiger partial charge in [0.1, 0.15) is 22.0 Å². The molecule has 2 aromatic rings. The topological polar surface area (TPSA) is 114 Å². The minimum atomic E-state index is -1.22. The van der Waals surface area contributed by atoms with Crippen molar-refractivity contribution in [3.05, 3.63) is 45.6 Å². The van der Waals surface area contributed by atoms with Crippen molar-refractivity contribution >= 4 is 40.8 Å². The van der Waals surface area contributed by atoms with E-state index in [2.05, 4.69) is 10.4 Å². The number of amidine groups is 1. The fourth-order valence-corrected chi connectivity index (χ4v) is 4.10. The van der Waals surface area contributed by atoms with Crippen LogP contribution in [0.5, 0.6) is 5.75 Å². The molecule has 0 saturated carbocycles. The van der Waals surface area contributed by atoms with Gasteiger partial charge in [0.25, 0.3) is 5.91 Å². The lowest BCUT2D eigenvalue weighted by molar-refractivity contribution is 0.0605. The summed E-state index contributed by atoms with van der Waals surface area (Å²) in [5.74, 6) is -0.303. The molecule has 1 atom stereocenters. The molecule has 0 fully saturated rings. The third-order valence-electron chi connectivity index (χ3n) is 4.48. The second-order valence-corrected chi connectivity index (χ2v) is 7.83. The second-order valence-electron chi connectivity index (χ2n) is 6.78. The van der Waals surface area contributed by atoms with E-state index in [1.54, 1.807) is 31.2 Å². The molecule has 0 saturated heterocycles. The third-order valence-corrected chi connectivity index (χ3v) is 5.59. The number of hydrogen-bond acceptors (Lipinski definition) is 7. The first-order chi connectivity index (χ1) is 14.2. The summed E-state index contributed by atoms with van der Waals surface area (Å²) in [5, 5.41) is 16.8. The quantitative estimate of drug-likeness (QED) is 0.553. The minimum absolute atomic E-state index is 0.00901. The van der Waals surface area contributed by atoms with Crippen LogP contribution in [0.1, 0.15) is 45.7 Å². The van der Waals surface area contributed by atoms with Gasteiger partial charge in [0.05, 0.1) is 13.2 Å². The van der Waals surface area contributed by atoms with Crippen LogP contribution in [-0.2, 0) is 4.74 Å². The van der Waals surface area contributed by atoms with Crippen LogP contribution in [0.15, 0.2) is 35.4 Å². The predicted octanol–water partition coefficient (Wildman–Crippen LogP) is 3.43. The number of thiophene rings is 1. The van der Waals surface area contributed by atoms with E-state index in [1.165, 1.54) is 13.2 Å². The summed E-state index contributed by atoms with van der Waals surface area (Å²) < 4.78 is 9.54. The van der Waals surface area contributed by atoms with Crippen molar-refractivity contribution < 1.29 is 29.0 Å². The number of fused-ring (bicyclic) bond motifs is 1. The summed E-state index contributed by atoms with van der Waals surface area (Å²) in [5.41, 5.74) is 0.670. The Morgan fingerprint density at radius 1 is 1.23 bits per heavy atom. The number of amides is 2. The minimum Gasteiger partial charge on any atom is -0.491 e. The Bertz CT molecular complexity index is 1030. The molecule has 1 aromatic carbocycles. The molecule has 2 amide bonds. The van der Waals surface area contributed by atoms with Crippen LogP contribution in [0.25, 0.3) is 0 Å². The van der Waals surface area contributed by atoms with Gasteiger partial charge in [0, 0.05) is 11.6 Å². The van der Waals surface area contributed by atoms with E-state index in [1.807, 2.05) is 13.8 Å². The lowest BCUT2D eigenvalue weighted by atomic mass is 10.2. The Kier molecular flexibility index (Phi) is 5.90. The zero-order valence-corrected chi connectivity index (χ0v) is 17.8. The molecule has 1 aromatic heterocycles. The number of carbonyl (C=O) groups is 3. The molecule has 3 rings (SSSR count). The van der Waals surface area contributed by atoms with E-state index in [0.717, 1.165) is 11.3 Å². The number of carbonyl (C=O) groups excluding carboxylic acids is 2. The molecule has 1 aliphatic rings. The van der Waals surface area contributed by atoms with Crippen LogP contribution >= 0.6 is 11.3 Å². The maximum atomic E-state index is 12.7. The lowest BCUT2D eigenvalue weighted by Crippen LogP contribution is -2.47. The van der Waals surface area contributed by atoms with Crippen molar-refractivity contribution in [2.24, 2.45) is 5.10 Å². The van der Waals surface area contributed by atoms with Gasteiger partial charge in [-0.3, -0.25) is 4.79 Å². The Morgan fingerprint density at radius 2 is 1.90 bits per heavy atom. The smallest absolute Gasteiger partial charge is 0.491 e. The van der Waals surface area contributed by atoms with Gasteiger partial charge in [-0.15, -0.1) is 11.3 Å². The molecule has 2 heterocycles. The summed E-state index contributed by atoms with van der Waals surface area (Å²) in [4.78, 5) is 37.3. The van der Waals surface area contributed by atoms with E-state index >= 15 is 0 Å². The van der Waals surface area contributed by atoms with Crippen molar-refractivity contribution in [2.75, 3.05) is 13.7 Å². The van der Waals surface area contributed by atoms with E-state index in [-0.39, 0.29) is 23.4 Å². The number of quaternary nitrogens is 1. The van der Waals surface area contributed by atoms with Crippen LogP contribution in [0.4, 0.5) is 10.5 Å². The highest BCUT2D eigenvalue weighted by atomic mass is 32.1. The maximum absolute atomic E-state index is 12.7. The first-order valence-electron chi connectivity index (χ1n) is 9.24. The Labute approximate surface area is 177 Å². The molecule has 0 radical (unpaired) electrons. The van der Waals surface area contributed by atoms with Crippen molar-refractivity contribution in [2.45, 2.75) is 26.9 Å². The highest BCUT2D eigenvalue weighted by Crippen LogP contribution is 2.41. The van der Waals surface area contributed by atoms with Gasteiger partial charge in [-0.2, -0.15) is 4.79 Å². The first kappa shape index (κ1) is 21.5. The van der Waals surface area contributed by atoms with Gasteiger partial charge in [-0.25, -0.2) is 4.79 Å². The van der Waals surface area contributed by atoms with Gasteiger partial charge in [-0.1, -0.05) is 4.59 Å². The largest absolute Gasteiger partial charge is 0.546 e. The van der Waals surface area contributed by atoms with Crippen LogP contribution < -0.4 is 14.6 Å². The zero-order chi connectivity index (χ0) is 22.1. The number of rotatable bonds is 5. The Morgan fingerprint density at radius 3 is 2.43 bits per heavy atom. The molecule has 0 bridgehead atoms. The summed E-state index contributed by atoms with van der Waals surface area (Å²) in [6, 6.07) is 8.03. The molecule has 1 aliphatic heterocycles. The third kappa shape index (κ3) is 3.79. The van der Waals surface area contributed by atoms with E-state index < -0.39 is 22.6 Å². The summed E-state index contributed by atoms with van der Waals surface area (Å²) in [6.07, 6.45) is -1.21. The van der Waals surface area contributed by atoms with E-state index in [0.29, 0.717) is 21.9 Å². The zero-order valence-electron chi connectivity index (χ0n) is 17.0. The SMILES string of the molecule is CC[N+]1(C(=O)O)N=C(NC(=O)c2ccc(OC(C)C)cc2)c2sc(C(=O)OC)cc21. The molecule has 0 spiro atoms. The highest BCUT2D eigenvalue weighted by Gasteiger charge is 2.50. The molecule has 1 unspecified atom stereocenters. The van der Waals surface area contributed by atoms with Crippen LogP contribution in [-0.4, -0.2) is 48.7 Å². The first-order valence-corrected chi connectivity index (χ1v) is 10.1. The standard InChI is InChI=1S/C20H21N3O6S/c1-5-23(20(26)27)14-10-15(19(25)28-4)30-16(14)17(22-23)21-18(24)12-6-8-13(9-7-12)29-11(2)3/h6-11H,5H2,1-4H3,(H-,21,22,24,26,27)/p+1. The van der Waals surface area contributed by atoms with Crippen LogP contribution in [0.2, 0.25) is 0 Å². The molecular weight excluding hydrogens is 410 g/mol. The predicted molar refractivity (Wildman–Crippen MR) is 112 cm³/mol. The van der Waals surface area contributed by atoms with Crippen LogP contribution in [0.3, 0.4) is 0 Å². The number of methoxy groups -OCH3 is 1. The number of esters is 1. The van der Waals surface area contributed by atoms with Crippen molar-refractivity contribution in [1.82, 2.24) is 9.91 Å². The fourth-order valence-electron chi connectivity index (χ4n) is 3.04. The fraction of sp³-hybridized carbons (Fsp3) is 0.300. The highest BCUT2D eigenvalue weighted by molar-refractivity contribution is 7.16. The Hall–Kier alpha value is -3.24. The second kappa shape index (κ2) is 8.25. The molecule has 10 heteroatoms. The average molecular weight is 432 g/mol. The van der Waals surface area contributed by atoms with Gasteiger partial charge >= 0.3 is 12.1 Å². The van der Waals surface area contributed by atoms with Gasteiger partial charge in [0.2, 0.25) is 5.84 Å². The number of ether oxygens (including phenoxy) is 2. The Balaban J connectivity index is 1.93. The monoisotopic (exact) mass is 432 g/mol. The van der Waals surface area contributed by atoms with Crippen molar-refractivity contribution in [3.8, 4) is 5.75 Å². The van der Waals surface area contributed by atoms with E-state index in [9.17, 15) is 19.5 Å². The molecule has 0 aliphatic carbocycles. The van der Waals surface area contributed by atoms with Crippen LogP contribution in [0, 0.1) is 0 Å². The summed E-state index contributed by atoms with van der Waals surface area (Å²) >= 11 is 1.03. The normalized spacial score (nSPS) is 17.3. The van der Waals surface area contributed by atoms with Crippen molar-refractivity contribution in [1.29, 1.82) is 0 Å². The number of nitrogens with zero attached hydrogens (tertiary/aromatic N) is 2. The summed E-state index contributed by atoms with van der Waals surface area (Å²) in [6.45, 7) is 5.57. The van der Waals surface area contributed by atoms with Gasteiger partial charge < -0.3 is 19.9 Å². The number of carboxylic acid groups (broad SMARTS) is 1. The molecule has 2 N–H and O–H groups in total. The number of hydrogen-bond donors (Lipinski definition) is 2. The summed E-state index contributed by atoms with van der Waals surface area (Å²) in [7, 11) is 1.25. The number of benzene rings is 1. The number of nitrogens with one attached hydrogen (secondary N) is 1. The molecule has 9 nitrogen and oxygen atoms in total. The van der Waals surface area contributed by atoms with Gasteiger partial charge in [-0.05, 0) is 50.1 Å².